The van der Waals surface area contributed by atoms with E-state index in [1.807, 2.05) is 4.90 Å². The molecule has 2 rings (SSSR count). The molecular formula is C17H25N3O4. The van der Waals surface area contributed by atoms with Crippen LogP contribution in [-0.4, -0.2) is 72.2 Å². The Balaban J connectivity index is 1.70. The van der Waals surface area contributed by atoms with Crippen molar-refractivity contribution in [3.05, 3.63) is 24.3 Å². The van der Waals surface area contributed by atoms with Gasteiger partial charge in [-0.25, -0.2) is 0 Å². The van der Waals surface area contributed by atoms with Gasteiger partial charge in [0.2, 0.25) is 11.8 Å². The molecule has 7 nitrogen and oxygen atoms in total. The number of nitrogens with one attached hydrogen (secondary N) is 1. The molecule has 1 heterocycles. The van der Waals surface area contributed by atoms with Gasteiger partial charge in [-0.1, -0.05) is 0 Å². The molecule has 0 aromatic heterocycles. The van der Waals surface area contributed by atoms with Gasteiger partial charge in [0.15, 0.2) is 0 Å². The van der Waals surface area contributed by atoms with Crippen LogP contribution in [0.1, 0.15) is 13.8 Å². The normalized spacial score (nSPS) is 16.5. The highest BCUT2D eigenvalue weighted by molar-refractivity contribution is 5.88. The lowest BCUT2D eigenvalue weighted by molar-refractivity contribution is -0.130. The minimum atomic E-state index is -0.594. The SMILES string of the molecule is CC(=O)Nc1ccc(OC[C@H](O)CN2CCN(C(C)=O)CC2)cc1. The third-order valence-corrected chi connectivity index (χ3v) is 3.90. The van der Waals surface area contributed by atoms with Crippen LogP contribution in [0.5, 0.6) is 5.75 Å². The van der Waals surface area contributed by atoms with Crippen molar-refractivity contribution in [1.82, 2.24) is 9.80 Å². The average Bonchev–Trinajstić information content (AvgIpc) is 2.54. The standard InChI is InChI=1S/C17H25N3O4/c1-13(21)18-15-3-5-17(6-4-15)24-12-16(23)11-19-7-9-20(10-8-19)14(2)22/h3-6,16,23H,7-12H2,1-2H3,(H,18,21)/t16-/m1/s1. The van der Waals surface area contributed by atoms with Gasteiger partial charge in [-0.05, 0) is 24.3 Å². The molecule has 0 bridgehead atoms. The molecule has 1 aliphatic heterocycles. The number of anilines is 1. The number of amides is 2. The first kappa shape index (κ1) is 18.2. The number of aliphatic hydroxyl groups is 1. The fourth-order valence-electron chi connectivity index (χ4n) is 2.63. The van der Waals surface area contributed by atoms with E-state index in [9.17, 15) is 14.7 Å². The molecule has 1 aromatic rings. The highest BCUT2D eigenvalue weighted by atomic mass is 16.5. The van der Waals surface area contributed by atoms with E-state index < -0.39 is 6.10 Å². The summed E-state index contributed by atoms with van der Waals surface area (Å²) >= 11 is 0. The number of rotatable bonds is 6. The number of benzene rings is 1. The first-order chi connectivity index (χ1) is 11.4. The van der Waals surface area contributed by atoms with Crippen molar-refractivity contribution >= 4 is 17.5 Å². The molecule has 2 amide bonds. The van der Waals surface area contributed by atoms with Crippen LogP contribution >= 0.6 is 0 Å². The first-order valence-electron chi connectivity index (χ1n) is 8.10. The number of hydrogen-bond acceptors (Lipinski definition) is 5. The molecular weight excluding hydrogens is 310 g/mol. The number of nitrogens with zero attached hydrogens (tertiary/aromatic N) is 2. The summed E-state index contributed by atoms with van der Waals surface area (Å²) in [5, 5.41) is 12.8. The largest absolute Gasteiger partial charge is 0.491 e. The summed E-state index contributed by atoms with van der Waals surface area (Å²) in [5.41, 5.74) is 0.707. The summed E-state index contributed by atoms with van der Waals surface area (Å²) in [6.07, 6.45) is -0.594. The molecule has 1 aromatic carbocycles. The third kappa shape index (κ3) is 5.82. The Kier molecular flexibility index (Phi) is 6.57. The molecule has 1 fully saturated rings. The monoisotopic (exact) mass is 335 g/mol. The zero-order valence-electron chi connectivity index (χ0n) is 14.2. The third-order valence-electron chi connectivity index (χ3n) is 3.90. The van der Waals surface area contributed by atoms with Gasteiger partial charge >= 0.3 is 0 Å². The van der Waals surface area contributed by atoms with Crippen molar-refractivity contribution in [3.8, 4) is 5.75 Å². The number of ether oxygens (including phenoxy) is 1. The molecule has 1 atom stereocenters. The Morgan fingerprint density at radius 1 is 1.17 bits per heavy atom. The lowest BCUT2D eigenvalue weighted by atomic mass is 10.2. The van der Waals surface area contributed by atoms with E-state index in [1.54, 1.807) is 31.2 Å². The van der Waals surface area contributed by atoms with Gasteiger partial charge < -0.3 is 20.1 Å². The second kappa shape index (κ2) is 8.65. The van der Waals surface area contributed by atoms with E-state index in [0.717, 1.165) is 13.1 Å². The molecule has 0 radical (unpaired) electrons. The molecule has 0 aliphatic carbocycles. The lowest BCUT2D eigenvalue weighted by Crippen LogP contribution is -2.50. The van der Waals surface area contributed by atoms with Gasteiger partial charge in [-0.15, -0.1) is 0 Å². The molecule has 0 unspecified atom stereocenters. The van der Waals surface area contributed by atoms with Crippen LogP contribution in [0.3, 0.4) is 0 Å². The van der Waals surface area contributed by atoms with Crippen molar-refractivity contribution in [2.75, 3.05) is 44.6 Å². The smallest absolute Gasteiger partial charge is 0.221 e. The van der Waals surface area contributed by atoms with E-state index in [4.69, 9.17) is 4.74 Å². The van der Waals surface area contributed by atoms with Crippen molar-refractivity contribution < 1.29 is 19.4 Å². The van der Waals surface area contributed by atoms with Crippen LogP contribution < -0.4 is 10.1 Å². The number of hydrogen-bond donors (Lipinski definition) is 2. The fourth-order valence-corrected chi connectivity index (χ4v) is 2.63. The van der Waals surface area contributed by atoms with Crippen LogP contribution in [0.25, 0.3) is 0 Å². The maximum absolute atomic E-state index is 11.3. The average molecular weight is 335 g/mol. The minimum Gasteiger partial charge on any atom is -0.491 e. The van der Waals surface area contributed by atoms with Crippen molar-refractivity contribution in [2.45, 2.75) is 20.0 Å². The molecule has 2 N–H and O–H groups in total. The number of aliphatic hydroxyl groups excluding tert-OH is 1. The summed E-state index contributed by atoms with van der Waals surface area (Å²) in [5.74, 6) is 0.620. The number of carbonyl (C=O) groups excluding carboxylic acids is 2. The lowest BCUT2D eigenvalue weighted by Gasteiger charge is -2.35. The Hall–Kier alpha value is -2.12. The second-order valence-corrected chi connectivity index (χ2v) is 5.98. The van der Waals surface area contributed by atoms with E-state index in [0.29, 0.717) is 31.1 Å². The zero-order valence-corrected chi connectivity index (χ0v) is 14.2. The topological polar surface area (TPSA) is 82.1 Å². The summed E-state index contributed by atoms with van der Waals surface area (Å²) in [7, 11) is 0. The molecule has 7 heteroatoms. The van der Waals surface area contributed by atoms with Gasteiger partial charge in [0.05, 0.1) is 0 Å². The molecule has 132 valence electrons. The number of carbonyl (C=O) groups is 2. The van der Waals surface area contributed by atoms with Gasteiger partial charge in [0.25, 0.3) is 0 Å². The highest BCUT2D eigenvalue weighted by Gasteiger charge is 2.20. The molecule has 0 saturated carbocycles. The Morgan fingerprint density at radius 3 is 2.33 bits per heavy atom. The van der Waals surface area contributed by atoms with Crippen LogP contribution in [0, 0.1) is 0 Å². The van der Waals surface area contributed by atoms with Gasteiger partial charge in [-0.2, -0.15) is 0 Å². The highest BCUT2D eigenvalue weighted by Crippen LogP contribution is 2.16. The number of piperazine rings is 1. The van der Waals surface area contributed by atoms with Crippen molar-refractivity contribution in [1.29, 1.82) is 0 Å². The van der Waals surface area contributed by atoms with Crippen molar-refractivity contribution in [2.24, 2.45) is 0 Å². The van der Waals surface area contributed by atoms with Crippen LogP contribution in [0.15, 0.2) is 24.3 Å². The minimum absolute atomic E-state index is 0.0984. The quantitative estimate of drug-likeness (QED) is 0.793. The van der Waals surface area contributed by atoms with Crippen LogP contribution in [0.4, 0.5) is 5.69 Å². The molecule has 24 heavy (non-hydrogen) atoms. The Bertz CT molecular complexity index is 553. The van der Waals surface area contributed by atoms with Gasteiger partial charge in [0, 0.05) is 52.3 Å². The maximum atomic E-state index is 11.3. The predicted molar refractivity (Wildman–Crippen MR) is 90.9 cm³/mol. The summed E-state index contributed by atoms with van der Waals surface area (Å²) in [6, 6.07) is 7.02. The molecule has 0 spiro atoms. The zero-order chi connectivity index (χ0) is 17.5. The van der Waals surface area contributed by atoms with E-state index in [-0.39, 0.29) is 18.4 Å². The summed E-state index contributed by atoms with van der Waals surface area (Å²) in [4.78, 5) is 26.2. The van der Waals surface area contributed by atoms with Gasteiger partial charge in [0.1, 0.15) is 18.5 Å². The first-order valence-corrected chi connectivity index (χ1v) is 8.10. The van der Waals surface area contributed by atoms with E-state index in [2.05, 4.69) is 10.2 Å². The van der Waals surface area contributed by atoms with E-state index >= 15 is 0 Å². The maximum Gasteiger partial charge on any atom is 0.221 e. The molecule has 1 saturated heterocycles. The number of β-amino-alcohol motifs (C(OH)–C–C–N with tert-alkyl or cyclic N) is 1. The Labute approximate surface area is 142 Å². The van der Waals surface area contributed by atoms with E-state index in [1.165, 1.54) is 6.92 Å². The second-order valence-electron chi connectivity index (χ2n) is 5.98. The Morgan fingerprint density at radius 2 is 1.79 bits per heavy atom. The fraction of sp³-hybridized carbons (Fsp3) is 0.529. The van der Waals surface area contributed by atoms with Gasteiger partial charge in [-0.3, -0.25) is 14.5 Å². The summed E-state index contributed by atoms with van der Waals surface area (Å²) < 4.78 is 5.57. The van der Waals surface area contributed by atoms with Crippen LogP contribution in [0.2, 0.25) is 0 Å². The summed E-state index contributed by atoms with van der Waals surface area (Å²) in [6.45, 7) is 6.69. The van der Waals surface area contributed by atoms with Crippen LogP contribution in [-0.2, 0) is 9.59 Å². The molecule has 1 aliphatic rings. The predicted octanol–water partition coefficient (Wildman–Crippen LogP) is 0.549. The van der Waals surface area contributed by atoms with Crippen molar-refractivity contribution in [3.63, 3.8) is 0 Å².